The lowest BCUT2D eigenvalue weighted by Crippen LogP contribution is -2.50. The Morgan fingerprint density at radius 3 is 2.46 bits per heavy atom. The molecule has 1 aromatic rings. The Kier molecular flexibility index (Phi) is 6.60. The third-order valence-electron chi connectivity index (χ3n) is 5.34. The predicted molar refractivity (Wildman–Crippen MR) is 102 cm³/mol. The zero-order valence-electron chi connectivity index (χ0n) is 15.4. The van der Waals surface area contributed by atoms with Gasteiger partial charge >= 0.3 is 5.97 Å². The van der Waals surface area contributed by atoms with Gasteiger partial charge in [-0.15, -0.1) is 0 Å². The zero-order chi connectivity index (χ0) is 20.3. The number of ether oxygens (including phenoxy) is 1. The molecule has 1 aliphatic heterocycles. The Morgan fingerprint density at radius 1 is 1.14 bits per heavy atom. The summed E-state index contributed by atoms with van der Waals surface area (Å²) >= 11 is 5.86. The number of sulfone groups is 1. The van der Waals surface area contributed by atoms with Crippen LogP contribution < -0.4 is 0 Å². The molecule has 2 fully saturated rings. The lowest BCUT2D eigenvalue weighted by molar-refractivity contribution is -0.140. The maximum Gasteiger partial charge on any atom is 0.340 e. The molecule has 0 radical (unpaired) electrons. The molecular formula is C19H23ClFNO5S. The summed E-state index contributed by atoms with van der Waals surface area (Å²) in [6.07, 6.45) is 5.11. The number of carbonyl (C=O) groups is 2. The number of halogens is 2. The minimum atomic E-state index is -3.15. The summed E-state index contributed by atoms with van der Waals surface area (Å²) in [4.78, 5) is 26.7. The Balaban J connectivity index is 1.69. The first kappa shape index (κ1) is 21.0. The SMILES string of the molecule is O=C(OCC(=O)N(C1CCCCC1)[C@H]1CCS(=O)(=O)C1)c1ccc(F)cc1Cl. The van der Waals surface area contributed by atoms with Crippen LogP contribution in [0.5, 0.6) is 0 Å². The van der Waals surface area contributed by atoms with Crippen molar-refractivity contribution in [3.05, 3.63) is 34.6 Å². The zero-order valence-corrected chi connectivity index (χ0v) is 17.0. The van der Waals surface area contributed by atoms with Crippen LogP contribution in [-0.2, 0) is 19.4 Å². The van der Waals surface area contributed by atoms with Crippen LogP contribution >= 0.6 is 11.6 Å². The third-order valence-corrected chi connectivity index (χ3v) is 7.40. The number of rotatable bonds is 5. The van der Waals surface area contributed by atoms with Gasteiger partial charge in [0.1, 0.15) is 5.82 Å². The first-order valence-corrected chi connectivity index (χ1v) is 11.6. The molecule has 9 heteroatoms. The molecular weight excluding hydrogens is 409 g/mol. The van der Waals surface area contributed by atoms with Crippen LogP contribution in [-0.4, -0.2) is 55.4 Å². The summed E-state index contributed by atoms with van der Waals surface area (Å²) in [6.45, 7) is -0.500. The second kappa shape index (κ2) is 8.78. The van der Waals surface area contributed by atoms with Crippen LogP contribution in [0.1, 0.15) is 48.9 Å². The second-order valence-corrected chi connectivity index (χ2v) is 9.99. The van der Waals surface area contributed by atoms with E-state index in [-0.39, 0.29) is 34.2 Å². The van der Waals surface area contributed by atoms with E-state index in [1.54, 1.807) is 4.90 Å². The largest absolute Gasteiger partial charge is 0.452 e. The number of hydrogen-bond acceptors (Lipinski definition) is 5. The van der Waals surface area contributed by atoms with Crippen molar-refractivity contribution in [2.75, 3.05) is 18.1 Å². The number of nitrogens with zero attached hydrogens (tertiary/aromatic N) is 1. The molecule has 0 unspecified atom stereocenters. The predicted octanol–water partition coefficient (Wildman–Crippen LogP) is 2.98. The summed E-state index contributed by atoms with van der Waals surface area (Å²) in [7, 11) is -3.15. The number of esters is 1. The van der Waals surface area contributed by atoms with Crippen molar-refractivity contribution in [3.63, 3.8) is 0 Å². The molecule has 3 rings (SSSR count). The van der Waals surface area contributed by atoms with Gasteiger partial charge in [-0.25, -0.2) is 17.6 Å². The Labute approximate surface area is 168 Å². The maximum atomic E-state index is 13.1. The molecule has 1 heterocycles. The van der Waals surface area contributed by atoms with Gasteiger partial charge in [-0.05, 0) is 37.5 Å². The summed E-state index contributed by atoms with van der Waals surface area (Å²) in [6, 6.07) is 2.87. The molecule has 0 aromatic heterocycles. The van der Waals surface area contributed by atoms with Gasteiger partial charge in [-0.2, -0.15) is 0 Å². The van der Waals surface area contributed by atoms with Gasteiger partial charge in [-0.3, -0.25) is 4.79 Å². The van der Waals surface area contributed by atoms with Crippen LogP contribution in [0.4, 0.5) is 4.39 Å². The fourth-order valence-electron chi connectivity index (χ4n) is 3.99. The molecule has 1 aromatic carbocycles. The van der Waals surface area contributed by atoms with Crippen LogP contribution in [0.15, 0.2) is 18.2 Å². The third kappa shape index (κ3) is 5.03. The van der Waals surface area contributed by atoms with Gasteiger partial charge in [-0.1, -0.05) is 30.9 Å². The normalized spacial score (nSPS) is 22.0. The number of amides is 1. The van der Waals surface area contributed by atoms with Gasteiger partial charge < -0.3 is 9.64 Å². The molecule has 6 nitrogen and oxygen atoms in total. The molecule has 1 saturated carbocycles. The molecule has 1 aliphatic carbocycles. The topological polar surface area (TPSA) is 80.8 Å². The quantitative estimate of drug-likeness (QED) is 0.669. The van der Waals surface area contributed by atoms with E-state index < -0.39 is 34.1 Å². The van der Waals surface area contributed by atoms with Gasteiger partial charge in [0, 0.05) is 12.1 Å². The van der Waals surface area contributed by atoms with Crippen molar-refractivity contribution in [2.45, 2.75) is 50.6 Å². The lowest BCUT2D eigenvalue weighted by atomic mass is 9.93. The van der Waals surface area contributed by atoms with E-state index in [1.165, 1.54) is 6.07 Å². The van der Waals surface area contributed by atoms with Crippen molar-refractivity contribution in [3.8, 4) is 0 Å². The van der Waals surface area contributed by atoms with E-state index in [9.17, 15) is 22.4 Å². The first-order chi connectivity index (χ1) is 13.3. The monoisotopic (exact) mass is 431 g/mol. The van der Waals surface area contributed by atoms with E-state index in [4.69, 9.17) is 16.3 Å². The summed E-state index contributed by atoms with van der Waals surface area (Å²) in [5.74, 6) is -1.78. The van der Waals surface area contributed by atoms with Crippen LogP contribution in [0.25, 0.3) is 0 Å². The van der Waals surface area contributed by atoms with Crippen molar-refractivity contribution >= 4 is 33.3 Å². The minimum Gasteiger partial charge on any atom is -0.452 e. The fraction of sp³-hybridized carbons (Fsp3) is 0.579. The highest BCUT2D eigenvalue weighted by Crippen LogP contribution is 2.28. The Hall–Kier alpha value is -1.67. The summed E-state index contributed by atoms with van der Waals surface area (Å²) < 4.78 is 42.0. The molecule has 1 saturated heterocycles. The van der Waals surface area contributed by atoms with E-state index in [1.807, 2.05) is 0 Å². The highest BCUT2D eigenvalue weighted by molar-refractivity contribution is 7.91. The average molecular weight is 432 g/mol. The number of carbonyl (C=O) groups excluding carboxylic acids is 2. The van der Waals surface area contributed by atoms with Crippen LogP contribution in [0.2, 0.25) is 5.02 Å². The number of hydrogen-bond donors (Lipinski definition) is 0. The van der Waals surface area contributed by atoms with E-state index in [2.05, 4.69) is 0 Å². The molecule has 1 atom stereocenters. The standard InChI is InChI=1S/C19H23ClFNO5S/c20-17-10-13(21)6-7-16(17)19(24)27-11-18(23)22(14-4-2-1-3-5-14)15-8-9-28(25,26)12-15/h6-7,10,14-15H,1-5,8-9,11-12H2/t15-/m0/s1. The van der Waals surface area contributed by atoms with Crippen molar-refractivity contribution < 1.29 is 27.1 Å². The van der Waals surface area contributed by atoms with E-state index >= 15 is 0 Å². The molecule has 0 spiro atoms. The highest BCUT2D eigenvalue weighted by Gasteiger charge is 2.38. The van der Waals surface area contributed by atoms with Crippen LogP contribution in [0, 0.1) is 5.82 Å². The molecule has 1 amide bonds. The average Bonchev–Trinajstić information content (AvgIpc) is 3.00. The van der Waals surface area contributed by atoms with E-state index in [0.717, 1.165) is 44.2 Å². The fourth-order valence-corrected chi connectivity index (χ4v) is 5.95. The molecule has 0 N–H and O–H groups in total. The van der Waals surface area contributed by atoms with Crippen molar-refractivity contribution in [2.24, 2.45) is 0 Å². The minimum absolute atomic E-state index is 0.0245. The van der Waals surface area contributed by atoms with Gasteiger partial charge in [0.25, 0.3) is 5.91 Å². The highest BCUT2D eigenvalue weighted by atomic mass is 35.5. The van der Waals surface area contributed by atoms with Crippen molar-refractivity contribution in [1.29, 1.82) is 0 Å². The van der Waals surface area contributed by atoms with Gasteiger partial charge in [0.05, 0.1) is 22.1 Å². The second-order valence-electron chi connectivity index (χ2n) is 7.35. The summed E-state index contributed by atoms with van der Waals surface area (Å²) in [5.41, 5.74) is -0.0245. The van der Waals surface area contributed by atoms with Gasteiger partial charge in [0.15, 0.2) is 16.4 Å². The molecule has 28 heavy (non-hydrogen) atoms. The van der Waals surface area contributed by atoms with Crippen molar-refractivity contribution in [1.82, 2.24) is 4.90 Å². The smallest absolute Gasteiger partial charge is 0.340 e. The lowest BCUT2D eigenvalue weighted by Gasteiger charge is -2.38. The Morgan fingerprint density at radius 2 is 1.86 bits per heavy atom. The van der Waals surface area contributed by atoms with Gasteiger partial charge in [0.2, 0.25) is 0 Å². The van der Waals surface area contributed by atoms with Crippen LogP contribution in [0.3, 0.4) is 0 Å². The first-order valence-electron chi connectivity index (χ1n) is 9.40. The Bertz CT molecular complexity index is 854. The molecule has 2 aliphatic rings. The number of benzene rings is 1. The molecule has 154 valence electrons. The maximum absolute atomic E-state index is 13.1. The molecule has 0 bridgehead atoms. The van der Waals surface area contributed by atoms with E-state index in [0.29, 0.717) is 6.42 Å². The summed E-state index contributed by atoms with van der Waals surface area (Å²) in [5, 5.41) is -0.0940.